The Morgan fingerprint density at radius 2 is 1.86 bits per heavy atom. The van der Waals surface area contributed by atoms with Gasteiger partial charge >= 0.3 is 0 Å². The van der Waals surface area contributed by atoms with E-state index in [-0.39, 0.29) is 0 Å². The highest BCUT2D eigenvalue weighted by Gasteiger charge is 2.04. The molecular formula is C13H15N. The maximum atomic E-state index is 4.39. The number of nitrogens with zero attached hydrogens (tertiary/aromatic N) is 1. The van der Waals surface area contributed by atoms with E-state index >= 15 is 0 Å². The average Bonchev–Trinajstić information content (AvgIpc) is 2.71. The highest BCUT2D eigenvalue weighted by Crippen LogP contribution is 2.16. The fourth-order valence-electron chi connectivity index (χ4n) is 1.59. The Morgan fingerprint density at radius 3 is 2.36 bits per heavy atom. The monoisotopic (exact) mass is 185 g/mol. The van der Waals surface area contributed by atoms with Gasteiger partial charge in [0.05, 0.1) is 12.3 Å². The molecule has 1 heterocycles. The Morgan fingerprint density at radius 1 is 1.14 bits per heavy atom. The molecule has 0 spiro atoms. The summed E-state index contributed by atoms with van der Waals surface area (Å²) in [5.74, 6) is 0.602. The third kappa shape index (κ3) is 1.77. The molecule has 0 amide bonds. The molecule has 0 atom stereocenters. The van der Waals surface area contributed by atoms with Gasteiger partial charge in [-0.3, -0.25) is 4.99 Å². The maximum Gasteiger partial charge on any atom is 0.0647 e. The molecule has 0 N–H and O–H groups in total. The Labute approximate surface area is 85.2 Å². The molecule has 0 aliphatic carbocycles. The van der Waals surface area contributed by atoms with Crippen LogP contribution in [0, 0.1) is 0 Å². The van der Waals surface area contributed by atoms with E-state index < -0.39 is 0 Å². The van der Waals surface area contributed by atoms with Crippen molar-refractivity contribution in [1.82, 2.24) is 0 Å². The topological polar surface area (TPSA) is 12.4 Å². The van der Waals surface area contributed by atoms with E-state index in [1.165, 1.54) is 11.1 Å². The van der Waals surface area contributed by atoms with E-state index in [0.717, 1.165) is 12.3 Å². The van der Waals surface area contributed by atoms with Gasteiger partial charge < -0.3 is 0 Å². The lowest BCUT2D eigenvalue weighted by Gasteiger charge is -2.05. The van der Waals surface area contributed by atoms with Crippen LogP contribution in [-0.2, 0) is 0 Å². The summed E-state index contributed by atoms with van der Waals surface area (Å²) < 4.78 is 0. The van der Waals surface area contributed by atoms with Gasteiger partial charge in [0, 0.05) is 0 Å². The molecule has 1 aliphatic rings. The van der Waals surface area contributed by atoms with Gasteiger partial charge in [0.15, 0.2) is 0 Å². The first-order valence-corrected chi connectivity index (χ1v) is 5.08. The molecule has 0 fully saturated rings. The van der Waals surface area contributed by atoms with Gasteiger partial charge in [0.25, 0.3) is 0 Å². The molecule has 1 aromatic rings. The van der Waals surface area contributed by atoms with Crippen LogP contribution >= 0.6 is 0 Å². The van der Waals surface area contributed by atoms with Crippen LogP contribution in [0.3, 0.4) is 0 Å². The molecule has 2 rings (SSSR count). The van der Waals surface area contributed by atoms with Crippen molar-refractivity contribution in [3.8, 4) is 0 Å². The van der Waals surface area contributed by atoms with E-state index in [4.69, 9.17) is 0 Å². The van der Waals surface area contributed by atoms with Gasteiger partial charge in [-0.15, -0.1) is 0 Å². The Hall–Kier alpha value is -1.37. The molecule has 0 bridgehead atoms. The van der Waals surface area contributed by atoms with Gasteiger partial charge in [0.1, 0.15) is 0 Å². The quantitative estimate of drug-likeness (QED) is 0.671. The van der Waals surface area contributed by atoms with Gasteiger partial charge in [-0.2, -0.15) is 0 Å². The van der Waals surface area contributed by atoms with Crippen molar-refractivity contribution in [1.29, 1.82) is 0 Å². The van der Waals surface area contributed by atoms with E-state index in [1.807, 2.05) is 0 Å². The molecule has 0 saturated carbocycles. The summed E-state index contributed by atoms with van der Waals surface area (Å²) >= 11 is 0. The minimum atomic E-state index is 0.602. The van der Waals surface area contributed by atoms with Crippen molar-refractivity contribution < 1.29 is 0 Å². The number of hydrogen-bond donors (Lipinski definition) is 0. The summed E-state index contributed by atoms with van der Waals surface area (Å²) in [7, 11) is 0. The van der Waals surface area contributed by atoms with Crippen molar-refractivity contribution in [2.45, 2.75) is 19.8 Å². The predicted octanol–water partition coefficient (Wildman–Crippen LogP) is 3.17. The number of allylic oxidation sites excluding steroid dienone is 1. The predicted molar refractivity (Wildman–Crippen MR) is 61.1 cm³/mol. The first-order valence-electron chi connectivity index (χ1n) is 5.08. The van der Waals surface area contributed by atoms with Gasteiger partial charge in [0.2, 0.25) is 0 Å². The fraction of sp³-hybridized carbons (Fsp3) is 0.308. The third-order valence-electron chi connectivity index (χ3n) is 2.52. The van der Waals surface area contributed by atoms with Crippen molar-refractivity contribution >= 4 is 5.71 Å². The van der Waals surface area contributed by atoms with Crippen molar-refractivity contribution in [3.05, 3.63) is 47.5 Å². The van der Waals surface area contributed by atoms with Crippen LogP contribution in [0.15, 0.2) is 41.4 Å². The summed E-state index contributed by atoms with van der Waals surface area (Å²) in [6, 6.07) is 8.69. The lowest BCUT2D eigenvalue weighted by Crippen LogP contribution is -1.95. The smallest absolute Gasteiger partial charge is 0.0647 e. The van der Waals surface area contributed by atoms with Gasteiger partial charge in [-0.25, -0.2) is 0 Å². The van der Waals surface area contributed by atoms with Crippen LogP contribution in [0.1, 0.15) is 30.9 Å². The number of rotatable bonds is 2. The second-order valence-electron chi connectivity index (χ2n) is 3.91. The zero-order chi connectivity index (χ0) is 9.97. The highest BCUT2D eigenvalue weighted by molar-refractivity contribution is 6.09. The van der Waals surface area contributed by atoms with Crippen LogP contribution < -0.4 is 0 Å². The normalized spacial score (nSPS) is 14.9. The van der Waals surface area contributed by atoms with Crippen LogP contribution in [-0.4, -0.2) is 12.3 Å². The van der Waals surface area contributed by atoms with Crippen LogP contribution in [0.25, 0.3) is 0 Å². The van der Waals surface area contributed by atoms with Crippen LogP contribution in [0.4, 0.5) is 0 Å². The van der Waals surface area contributed by atoms with Crippen LogP contribution in [0.5, 0.6) is 0 Å². The van der Waals surface area contributed by atoms with Crippen molar-refractivity contribution in [2.75, 3.05) is 6.54 Å². The molecule has 0 saturated heterocycles. The SMILES string of the molecule is CC(C)c1ccc(C2=NCC=C2)cc1. The van der Waals surface area contributed by atoms with Gasteiger partial charge in [-0.1, -0.05) is 44.2 Å². The molecule has 72 valence electrons. The first-order chi connectivity index (χ1) is 6.77. The zero-order valence-corrected chi connectivity index (χ0v) is 8.70. The molecule has 1 aromatic carbocycles. The van der Waals surface area contributed by atoms with E-state index in [0.29, 0.717) is 5.92 Å². The summed E-state index contributed by atoms with van der Waals surface area (Å²) in [5.41, 5.74) is 3.72. The molecule has 0 unspecified atom stereocenters. The molecular weight excluding hydrogens is 170 g/mol. The molecule has 14 heavy (non-hydrogen) atoms. The minimum absolute atomic E-state index is 0.602. The zero-order valence-electron chi connectivity index (χ0n) is 8.70. The van der Waals surface area contributed by atoms with Crippen molar-refractivity contribution in [2.24, 2.45) is 4.99 Å². The van der Waals surface area contributed by atoms with E-state index in [9.17, 15) is 0 Å². The van der Waals surface area contributed by atoms with Gasteiger partial charge in [-0.05, 0) is 23.1 Å². The number of benzene rings is 1. The standard InChI is InChI=1S/C13H15N/c1-10(2)11-5-7-12(8-6-11)13-4-3-9-14-13/h3-8,10H,9H2,1-2H3. The van der Waals surface area contributed by atoms with E-state index in [2.05, 4.69) is 55.3 Å². The molecule has 1 heteroatoms. The molecule has 0 aromatic heterocycles. The lowest BCUT2D eigenvalue weighted by atomic mass is 10.0. The second kappa shape index (κ2) is 3.79. The average molecular weight is 185 g/mol. The number of hydrogen-bond acceptors (Lipinski definition) is 1. The summed E-state index contributed by atoms with van der Waals surface area (Å²) in [6.07, 6.45) is 4.18. The highest BCUT2D eigenvalue weighted by atomic mass is 14.7. The summed E-state index contributed by atoms with van der Waals surface area (Å²) in [6.45, 7) is 5.26. The minimum Gasteiger partial charge on any atom is -0.281 e. The van der Waals surface area contributed by atoms with Crippen LogP contribution in [0.2, 0.25) is 0 Å². The van der Waals surface area contributed by atoms with E-state index in [1.54, 1.807) is 0 Å². The molecule has 1 aliphatic heterocycles. The Bertz CT molecular complexity index is 369. The molecule has 0 radical (unpaired) electrons. The Kier molecular flexibility index (Phi) is 2.49. The maximum absolute atomic E-state index is 4.39. The van der Waals surface area contributed by atoms with Crippen molar-refractivity contribution in [3.63, 3.8) is 0 Å². The number of aliphatic imine (C=N–C) groups is 1. The summed E-state index contributed by atoms with van der Waals surface area (Å²) in [5, 5.41) is 0. The summed E-state index contributed by atoms with van der Waals surface area (Å²) in [4.78, 5) is 4.39. The molecule has 1 nitrogen and oxygen atoms in total. The Balaban J connectivity index is 2.26. The lowest BCUT2D eigenvalue weighted by molar-refractivity contribution is 0.866. The third-order valence-corrected chi connectivity index (χ3v) is 2.52. The first kappa shape index (κ1) is 9.20. The fourth-order valence-corrected chi connectivity index (χ4v) is 1.59. The second-order valence-corrected chi connectivity index (χ2v) is 3.91. The largest absolute Gasteiger partial charge is 0.281 e.